The van der Waals surface area contributed by atoms with Gasteiger partial charge in [-0.05, 0) is 24.5 Å². The third-order valence-corrected chi connectivity index (χ3v) is 3.92. The molecule has 0 saturated carbocycles. The second-order valence-electron chi connectivity index (χ2n) is 5.25. The maximum absolute atomic E-state index is 12.4. The van der Waals surface area contributed by atoms with Crippen LogP contribution in [0.25, 0.3) is 10.9 Å². The minimum atomic E-state index is -0.920. The standard InChI is InChI=1S/C16H16N2O3/c19-14(18-9-3-7-13(18)16(20)21)10-12-5-1-4-11-6-2-8-17-15(11)12/h1-2,4-6,8,13H,3,7,9-10H2,(H,20,21)/t13-/m0/s1. The first-order chi connectivity index (χ1) is 10.2. The molecule has 1 aliphatic rings. The van der Waals surface area contributed by atoms with Gasteiger partial charge in [0, 0.05) is 18.1 Å². The number of aliphatic carboxylic acids is 1. The van der Waals surface area contributed by atoms with Crippen LogP contribution in [0.15, 0.2) is 36.5 Å². The lowest BCUT2D eigenvalue weighted by atomic mass is 10.1. The summed E-state index contributed by atoms with van der Waals surface area (Å²) in [6.07, 6.45) is 3.18. The summed E-state index contributed by atoms with van der Waals surface area (Å²) >= 11 is 0. The minimum absolute atomic E-state index is 0.141. The summed E-state index contributed by atoms with van der Waals surface area (Å²) in [6, 6.07) is 8.85. The number of aromatic nitrogens is 1. The molecule has 5 heteroatoms. The Hall–Kier alpha value is -2.43. The summed E-state index contributed by atoms with van der Waals surface area (Å²) in [6.45, 7) is 0.522. The van der Waals surface area contributed by atoms with E-state index in [0.29, 0.717) is 13.0 Å². The van der Waals surface area contributed by atoms with Crippen LogP contribution in [0.4, 0.5) is 0 Å². The van der Waals surface area contributed by atoms with Crippen molar-refractivity contribution in [3.63, 3.8) is 0 Å². The average Bonchev–Trinajstić information content (AvgIpc) is 2.97. The van der Waals surface area contributed by atoms with Crippen molar-refractivity contribution in [2.45, 2.75) is 25.3 Å². The van der Waals surface area contributed by atoms with Crippen molar-refractivity contribution in [2.75, 3.05) is 6.54 Å². The number of benzene rings is 1. The molecule has 2 heterocycles. The zero-order valence-corrected chi connectivity index (χ0v) is 11.5. The van der Waals surface area contributed by atoms with Gasteiger partial charge in [-0.25, -0.2) is 4.79 Å². The van der Waals surface area contributed by atoms with Crippen LogP contribution in [0.1, 0.15) is 18.4 Å². The number of hydrogen-bond donors (Lipinski definition) is 1. The van der Waals surface area contributed by atoms with Gasteiger partial charge < -0.3 is 10.0 Å². The SMILES string of the molecule is O=C(O)[C@@H]1CCCN1C(=O)Cc1cccc2cccnc12. The number of fused-ring (bicyclic) bond motifs is 1. The van der Waals surface area contributed by atoms with E-state index in [-0.39, 0.29) is 12.3 Å². The molecule has 1 N–H and O–H groups in total. The van der Waals surface area contributed by atoms with Crippen molar-refractivity contribution in [2.24, 2.45) is 0 Å². The molecule has 0 radical (unpaired) electrons. The molecular formula is C16H16N2O3. The van der Waals surface area contributed by atoms with E-state index >= 15 is 0 Å². The fraction of sp³-hybridized carbons (Fsp3) is 0.312. The molecule has 0 unspecified atom stereocenters. The molecule has 0 spiro atoms. The fourth-order valence-corrected chi connectivity index (χ4v) is 2.90. The van der Waals surface area contributed by atoms with Crippen LogP contribution in [-0.4, -0.2) is 39.5 Å². The van der Waals surface area contributed by atoms with Crippen molar-refractivity contribution in [1.82, 2.24) is 9.88 Å². The Morgan fingerprint density at radius 2 is 2.10 bits per heavy atom. The molecule has 1 aromatic carbocycles. The van der Waals surface area contributed by atoms with Gasteiger partial charge in [0.15, 0.2) is 0 Å². The lowest BCUT2D eigenvalue weighted by Crippen LogP contribution is -2.41. The van der Waals surface area contributed by atoms with Crippen LogP contribution in [0.3, 0.4) is 0 Å². The van der Waals surface area contributed by atoms with Gasteiger partial charge in [-0.15, -0.1) is 0 Å². The summed E-state index contributed by atoms with van der Waals surface area (Å²) in [7, 11) is 0. The number of para-hydroxylation sites is 1. The van der Waals surface area contributed by atoms with E-state index in [2.05, 4.69) is 4.98 Å². The van der Waals surface area contributed by atoms with Gasteiger partial charge in [0.25, 0.3) is 0 Å². The minimum Gasteiger partial charge on any atom is -0.480 e. The molecule has 5 nitrogen and oxygen atoms in total. The molecule has 1 amide bonds. The second kappa shape index (κ2) is 5.52. The van der Waals surface area contributed by atoms with Crippen molar-refractivity contribution in [3.8, 4) is 0 Å². The Labute approximate surface area is 122 Å². The summed E-state index contributed by atoms with van der Waals surface area (Å²) in [4.78, 5) is 29.4. The van der Waals surface area contributed by atoms with Gasteiger partial charge in [0.05, 0.1) is 11.9 Å². The molecular weight excluding hydrogens is 268 g/mol. The van der Waals surface area contributed by atoms with Crippen molar-refractivity contribution >= 4 is 22.8 Å². The molecule has 3 rings (SSSR count). The Morgan fingerprint density at radius 3 is 2.90 bits per heavy atom. The Bertz CT molecular complexity index is 693. The van der Waals surface area contributed by atoms with Gasteiger partial charge in [-0.1, -0.05) is 24.3 Å². The van der Waals surface area contributed by atoms with Gasteiger partial charge in [0.1, 0.15) is 6.04 Å². The number of carboxylic acid groups (broad SMARTS) is 1. The zero-order valence-electron chi connectivity index (χ0n) is 11.5. The number of carboxylic acids is 1. The fourth-order valence-electron chi connectivity index (χ4n) is 2.90. The largest absolute Gasteiger partial charge is 0.480 e. The molecule has 1 aromatic heterocycles. The van der Waals surface area contributed by atoms with Crippen LogP contribution in [0.2, 0.25) is 0 Å². The Balaban J connectivity index is 1.85. The number of likely N-dealkylation sites (tertiary alicyclic amines) is 1. The maximum atomic E-state index is 12.4. The number of amides is 1. The molecule has 108 valence electrons. The predicted molar refractivity (Wildman–Crippen MR) is 77.8 cm³/mol. The number of pyridine rings is 1. The maximum Gasteiger partial charge on any atom is 0.326 e. The van der Waals surface area contributed by atoms with E-state index < -0.39 is 12.0 Å². The molecule has 2 aromatic rings. The molecule has 0 bridgehead atoms. The van der Waals surface area contributed by atoms with Gasteiger partial charge in [0.2, 0.25) is 5.91 Å². The number of rotatable bonds is 3. The van der Waals surface area contributed by atoms with E-state index in [9.17, 15) is 9.59 Å². The van der Waals surface area contributed by atoms with E-state index in [1.54, 1.807) is 6.20 Å². The Morgan fingerprint density at radius 1 is 1.29 bits per heavy atom. The zero-order chi connectivity index (χ0) is 14.8. The lowest BCUT2D eigenvalue weighted by Gasteiger charge is -2.21. The summed E-state index contributed by atoms with van der Waals surface area (Å²) in [5.41, 5.74) is 1.65. The van der Waals surface area contributed by atoms with E-state index in [1.807, 2.05) is 30.3 Å². The lowest BCUT2D eigenvalue weighted by molar-refractivity contribution is -0.147. The number of hydrogen-bond acceptors (Lipinski definition) is 3. The third-order valence-electron chi connectivity index (χ3n) is 3.92. The summed E-state index contributed by atoms with van der Waals surface area (Å²) in [5, 5.41) is 10.1. The van der Waals surface area contributed by atoms with Crippen LogP contribution < -0.4 is 0 Å². The van der Waals surface area contributed by atoms with Crippen LogP contribution >= 0.6 is 0 Å². The van der Waals surface area contributed by atoms with Gasteiger partial charge >= 0.3 is 5.97 Å². The van der Waals surface area contributed by atoms with Crippen molar-refractivity contribution in [1.29, 1.82) is 0 Å². The molecule has 1 atom stereocenters. The quantitative estimate of drug-likeness (QED) is 0.933. The highest BCUT2D eigenvalue weighted by Gasteiger charge is 2.33. The van der Waals surface area contributed by atoms with Crippen molar-refractivity contribution in [3.05, 3.63) is 42.1 Å². The normalized spacial score (nSPS) is 18.1. The average molecular weight is 284 g/mol. The van der Waals surface area contributed by atoms with Crippen LogP contribution in [-0.2, 0) is 16.0 Å². The number of nitrogens with zero attached hydrogens (tertiary/aromatic N) is 2. The molecule has 1 aliphatic heterocycles. The Kier molecular flexibility index (Phi) is 3.56. The monoisotopic (exact) mass is 284 g/mol. The highest BCUT2D eigenvalue weighted by molar-refractivity contribution is 5.90. The molecule has 0 aliphatic carbocycles. The molecule has 21 heavy (non-hydrogen) atoms. The first-order valence-corrected chi connectivity index (χ1v) is 7.02. The molecule has 1 fully saturated rings. The predicted octanol–water partition coefficient (Wildman–Crippen LogP) is 1.85. The van der Waals surface area contributed by atoms with Crippen LogP contribution in [0, 0.1) is 0 Å². The highest BCUT2D eigenvalue weighted by atomic mass is 16.4. The van der Waals surface area contributed by atoms with Crippen molar-refractivity contribution < 1.29 is 14.7 Å². The first kappa shape index (κ1) is 13.5. The van der Waals surface area contributed by atoms with E-state index in [1.165, 1.54) is 4.90 Å². The molecule has 1 saturated heterocycles. The topological polar surface area (TPSA) is 70.5 Å². The smallest absolute Gasteiger partial charge is 0.326 e. The number of carbonyl (C=O) groups excluding carboxylic acids is 1. The summed E-state index contributed by atoms with van der Waals surface area (Å²) < 4.78 is 0. The highest BCUT2D eigenvalue weighted by Crippen LogP contribution is 2.21. The summed E-state index contributed by atoms with van der Waals surface area (Å²) in [5.74, 6) is -1.06. The van der Waals surface area contributed by atoms with Crippen LogP contribution in [0.5, 0.6) is 0 Å². The first-order valence-electron chi connectivity index (χ1n) is 7.02. The second-order valence-corrected chi connectivity index (χ2v) is 5.25. The third kappa shape index (κ3) is 2.59. The van der Waals surface area contributed by atoms with E-state index in [0.717, 1.165) is 22.9 Å². The van der Waals surface area contributed by atoms with E-state index in [4.69, 9.17) is 5.11 Å². The van der Waals surface area contributed by atoms with Gasteiger partial charge in [-0.3, -0.25) is 9.78 Å². The number of carbonyl (C=O) groups is 2. The van der Waals surface area contributed by atoms with Gasteiger partial charge in [-0.2, -0.15) is 0 Å².